The molecule has 0 spiro atoms. The average Bonchev–Trinajstić information content (AvgIpc) is 3.29. The summed E-state index contributed by atoms with van der Waals surface area (Å²) in [6.07, 6.45) is 5.07. The molecule has 5 nitrogen and oxygen atoms in total. The van der Waals surface area contributed by atoms with Crippen molar-refractivity contribution >= 4 is 29.0 Å². The lowest BCUT2D eigenvalue weighted by atomic mass is 9.94. The van der Waals surface area contributed by atoms with Crippen LogP contribution in [0.2, 0.25) is 0 Å². The molecule has 7 heteroatoms. The number of hydrogen-bond donors (Lipinski definition) is 1. The number of carbonyl (C=O) groups excluding carboxylic acids is 2. The molecular formula is C29H34FN3O2S. The van der Waals surface area contributed by atoms with Gasteiger partial charge in [-0.2, -0.15) is 0 Å². The van der Waals surface area contributed by atoms with Crippen molar-refractivity contribution in [3.8, 4) is 0 Å². The maximum atomic E-state index is 13.7. The number of halogens is 1. The van der Waals surface area contributed by atoms with Crippen molar-refractivity contribution in [2.75, 3.05) is 11.9 Å². The molecule has 0 saturated heterocycles. The monoisotopic (exact) mass is 507 g/mol. The van der Waals surface area contributed by atoms with Gasteiger partial charge in [0, 0.05) is 23.2 Å². The summed E-state index contributed by atoms with van der Waals surface area (Å²) in [6, 6.07) is 15.8. The number of anilines is 1. The zero-order valence-electron chi connectivity index (χ0n) is 21.0. The summed E-state index contributed by atoms with van der Waals surface area (Å²) in [4.78, 5) is 31.8. The molecule has 190 valence electrons. The number of benzene rings is 2. The van der Waals surface area contributed by atoms with Gasteiger partial charge in [-0.1, -0.05) is 49.1 Å². The highest BCUT2D eigenvalue weighted by atomic mass is 32.1. The van der Waals surface area contributed by atoms with Crippen LogP contribution in [0.25, 0.3) is 0 Å². The first-order valence-electron chi connectivity index (χ1n) is 12.6. The SMILES string of the molecule is Cc1ccc(NC(=O)N(CC(=O)N(Cc2ccc(F)cc2)Cc2sccc2C)C2CCCCC2)cc1. The Hall–Kier alpha value is -3.19. The van der Waals surface area contributed by atoms with E-state index in [0.717, 1.165) is 59.4 Å². The molecule has 1 saturated carbocycles. The smallest absolute Gasteiger partial charge is 0.322 e. The van der Waals surface area contributed by atoms with Crippen molar-refractivity contribution in [3.63, 3.8) is 0 Å². The largest absolute Gasteiger partial charge is 0.332 e. The number of hydrogen-bond acceptors (Lipinski definition) is 3. The minimum atomic E-state index is -0.304. The van der Waals surface area contributed by atoms with Gasteiger partial charge in [-0.15, -0.1) is 11.3 Å². The lowest BCUT2D eigenvalue weighted by Crippen LogP contribution is -2.49. The molecule has 0 aliphatic heterocycles. The number of aryl methyl sites for hydroxylation is 2. The third-order valence-electron chi connectivity index (χ3n) is 6.83. The van der Waals surface area contributed by atoms with Crippen LogP contribution in [-0.4, -0.2) is 34.3 Å². The van der Waals surface area contributed by atoms with Crippen LogP contribution < -0.4 is 5.32 Å². The summed E-state index contributed by atoms with van der Waals surface area (Å²) < 4.78 is 13.5. The average molecular weight is 508 g/mol. The zero-order valence-corrected chi connectivity index (χ0v) is 21.8. The molecule has 1 aromatic heterocycles. The number of carbonyl (C=O) groups is 2. The molecule has 1 heterocycles. The van der Waals surface area contributed by atoms with E-state index in [0.29, 0.717) is 13.1 Å². The second kappa shape index (κ2) is 12.2. The maximum Gasteiger partial charge on any atom is 0.322 e. The van der Waals surface area contributed by atoms with Crippen LogP contribution >= 0.6 is 11.3 Å². The summed E-state index contributed by atoms with van der Waals surface area (Å²) >= 11 is 1.62. The van der Waals surface area contributed by atoms with Crippen molar-refractivity contribution in [2.24, 2.45) is 0 Å². The predicted molar refractivity (Wildman–Crippen MR) is 143 cm³/mol. The molecule has 36 heavy (non-hydrogen) atoms. The fourth-order valence-electron chi connectivity index (χ4n) is 4.62. The number of thiophene rings is 1. The van der Waals surface area contributed by atoms with Gasteiger partial charge < -0.3 is 15.1 Å². The zero-order chi connectivity index (χ0) is 25.5. The number of urea groups is 1. The van der Waals surface area contributed by atoms with Crippen LogP contribution in [0.1, 0.15) is 53.7 Å². The van der Waals surface area contributed by atoms with E-state index in [1.54, 1.807) is 33.3 Å². The van der Waals surface area contributed by atoms with Gasteiger partial charge in [0.2, 0.25) is 5.91 Å². The molecular weight excluding hydrogens is 473 g/mol. The first kappa shape index (κ1) is 25.9. The Morgan fingerprint density at radius 2 is 1.64 bits per heavy atom. The summed E-state index contributed by atoms with van der Waals surface area (Å²) in [7, 11) is 0. The lowest BCUT2D eigenvalue weighted by molar-refractivity contribution is -0.133. The van der Waals surface area contributed by atoms with Crippen molar-refractivity contribution < 1.29 is 14.0 Å². The third kappa shape index (κ3) is 6.94. The van der Waals surface area contributed by atoms with Crippen molar-refractivity contribution in [3.05, 3.63) is 87.4 Å². The highest BCUT2D eigenvalue weighted by Crippen LogP contribution is 2.25. The van der Waals surface area contributed by atoms with Crippen LogP contribution in [0.5, 0.6) is 0 Å². The van der Waals surface area contributed by atoms with Crippen LogP contribution in [0, 0.1) is 19.7 Å². The van der Waals surface area contributed by atoms with Gasteiger partial charge in [0.1, 0.15) is 12.4 Å². The number of nitrogens with zero attached hydrogens (tertiary/aromatic N) is 2. The van der Waals surface area contributed by atoms with E-state index in [1.807, 2.05) is 49.6 Å². The highest BCUT2D eigenvalue weighted by Gasteiger charge is 2.29. The normalized spacial score (nSPS) is 13.9. The number of rotatable bonds is 8. The van der Waals surface area contributed by atoms with Crippen LogP contribution in [0.4, 0.5) is 14.9 Å². The molecule has 4 rings (SSSR count). The van der Waals surface area contributed by atoms with Gasteiger partial charge in [-0.25, -0.2) is 9.18 Å². The Labute approximate surface area is 216 Å². The Balaban J connectivity index is 1.54. The Morgan fingerprint density at radius 3 is 2.28 bits per heavy atom. The second-order valence-corrected chi connectivity index (χ2v) is 10.6. The summed E-state index contributed by atoms with van der Waals surface area (Å²) in [5, 5.41) is 5.02. The van der Waals surface area contributed by atoms with Gasteiger partial charge in [-0.3, -0.25) is 4.79 Å². The molecule has 1 fully saturated rings. The molecule has 1 N–H and O–H groups in total. The van der Waals surface area contributed by atoms with Gasteiger partial charge >= 0.3 is 6.03 Å². The summed E-state index contributed by atoms with van der Waals surface area (Å²) in [5.74, 6) is -0.418. The maximum absolute atomic E-state index is 13.7. The molecule has 0 bridgehead atoms. The Kier molecular flexibility index (Phi) is 8.75. The standard InChI is InChI=1S/C29H34FN3O2S/c1-21-8-14-25(15-9-21)31-29(35)33(26-6-4-3-5-7-26)20-28(34)32(19-27-22(2)16-17-36-27)18-23-10-12-24(30)13-11-23/h8-17,26H,3-7,18-20H2,1-2H3,(H,31,35). The number of nitrogens with one attached hydrogen (secondary N) is 1. The van der Waals surface area contributed by atoms with E-state index in [9.17, 15) is 14.0 Å². The first-order valence-corrected chi connectivity index (χ1v) is 13.5. The number of amides is 3. The lowest BCUT2D eigenvalue weighted by Gasteiger charge is -2.35. The topological polar surface area (TPSA) is 52.7 Å². The van der Waals surface area contributed by atoms with E-state index < -0.39 is 0 Å². The van der Waals surface area contributed by atoms with E-state index in [1.165, 1.54) is 12.1 Å². The van der Waals surface area contributed by atoms with Crippen molar-refractivity contribution in [1.29, 1.82) is 0 Å². The molecule has 3 amide bonds. The minimum Gasteiger partial charge on any atom is -0.332 e. The highest BCUT2D eigenvalue weighted by molar-refractivity contribution is 7.10. The van der Waals surface area contributed by atoms with Gasteiger partial charge in [-0.05, 0) is 73.5 Å². The van der Waals surface area contributed by atoms with E-state index in [-0.39, 0.29) is 30.3 Å². The van der Waals surface area contributed by atoms with Crippen LogP contribution in [0.3, 0.4) is 0 Å². The van der Waals surface area contributed by atoms with Gasteiger partial charge in [0.15, 0.2) is 0 Å². The van der Waals surface area contributed by atoms with Crippen LogP contribution in [-0.2, 0) is 17.9 Å². The second-order valence-electron chi connectivity index (χ2n) is 9.62. The van der Waals surface area contributed by atoms with E-state index in [2.05, 4.69) is 5.32 Å². The summed E-state index contributed by atoms with van der Waals surface area (Å²) in [5.41, 5.74) is 3.83. The fourth-order valence-corrected chi connectivity index (χ4v) is 5.54. The van der Waals surface area contributed by atoms with E-state index >= 15 is 0 Å². The quantitative estimate of drug-likeness (QED) is 0.361. The fraction of sp³-hybridized carbons (Fsp3) is 0.379. The molecule has 0 radical (unpaired) electrons. The molecule has 0 atom stereocenters. The molecule has 3 aromatic rings. The van der Waals surface area contributed by atoms with Gasteiger partial charge in [0.05, 0.1) is 6.54 Å². The van der Waals surface area contributed by atoms with Crippen molar-refractivity contribution in [2.45, 2.75) is 65.1 Å². The Bertz CT molecular complexity index is 1150. The molecule has 1 aliphatic carbocycles. The first-order chi connectivity index (χ1) is 17.4. The third-order valence-corrected chi connectivity index (χ3v) is 7.83. The van der Waals surface area contributed by atoms with E-state index in [4.69, 9.17) is 0 Å². The molecule has 2 aromatic carbocycles. The summed E-state index contributed by atoms with van der Waals surface area (Å²) in [6.45, 7) is 4.86. The predicted octanol–water partition coefficient (Wildman–Crippen LogP) is 6.90. The molecule has 1 aliphatic rings. The Morgan fingerprint density at radius 1 is 0.944 bits per heavy atom. The van der Waals surface area contributed by atoms with Gasteiger partial charge in [0.25, 0.3) is 0 Å². The van der Waals surface area contributed by atoms with Crippen LogP contribution in [0.15, 0.2) is 60.0 Å². The van der Waals surface area contributed by atoms with Crippen molar-refractivity contribution in [1.82, 2.24) is 9.80 Å². The molecule has 0 unspecified atom stereocenters. The minimum absolute atomic E-state index is 0.00792.